The first-order valence-electron chi connectivity index (χ1n) is 9.87. The van der Waals surface area contributed by atoms with Crippen LogP contribution in [0.25, 0.3) is 0 Å². The van der Waals surface area contributed by atoms with E-state index in [1.54, 1.807) is 25.3 Å². The summed E-state index contributed by atoms with van der Waals surface area (Å²) in [6.07, 6.45) is 2.01. The van der Waals surface area contributed by atoms with E-state index in [0.29, 0.717) is 47.6 Å². The molecule has 0 spiro atoms. The van der Waals surface area contributed by atoms with Gasteiger partial charge in [0.25, 0.3) is 5.91 Å². The van der Waals surface area contributed by atoms with Gasteiger partial charge in [0, 0.05) is 18.7 Å². The van der Waals surface area contributed by atoms with E-state index >= 15 is 0 Å². The van der Waals surface area contributed by atoms with Gasteiger partial charge in [-0.1, -0.05) is 31.0 Å². The van der Waals surface area contributed by atoms with Crippen molar-refractivity contribution >= 4 is 28.9 Å². The van der Waals surface area contributed by atoms with Crippen molar-refractivity contribution in [1.82, 2.24) is 0 Å². The van der Waals surface area contributed by atoms with Gasteiger partial charge in [0.05, 0.1) is 43.3 Å². The highest BCUT2D eigenvalue weighted by atomic mass is 35.5. The van der Waals surface area contributed by atoms with Gasteiger partial charge in [0.2, 0.25) is 0 Å². The second-order valence-corrected chi connectivity index (χ2v) is 7.16. The Kier molecular flexibility index (Phi) is 7.61. The first kappa shape index (κ1) is 21.3. The number of morpholine rings is 1. The largest absolute Gasteiger partial charge is 0.493 e. The third kappa shape index (κ3) is 5.34. The summed E-state index contributed by atoms with van der Waals surface area (Å²) in [5.41, 5.74) is 1.97. The average Bonchev–Trinajstić information content (AvgIpc) is 2.74. The molecule has 2 aromatic carbocycles. The lowest BCUT2D eigenvalue weighted by atomic mass is 10.1. The number of unbranched alkanes of at least 4 members (excludes halogenated alkanes) is 1. The fourth-order valence-corrected chi connectivity index (χ4v) is 3.47. The van der Waals surface area contributed by atoms with Gasteiger partial charge in [-0.2, -0.15) is 0 Å². The number of para-hydroxylation sites is 1. The van der Waals surface area contributed by atoms with E-state index in [4.69, 9.17) is 25.8 Å². The Hall–Kier alpha value is -2.44. The number of amides is 1. The molecule has 3 rings (SSSR count). The summed E-state index contributed by atoms with van der Waals surface area (Å²) in [6.45, 7) is 5.44. The molecule has 1 heterocycles. The van der Waals surface area contributed by atoms with Crippen molar-refractivity contribution in [3.63, 3.8) is 0 Å². The van der Waals surface area contributed by atoms with E-state index < -0.39 is 0 Å². The van der Waals surface area contributed by atoms with Gasteiger partial charge in [0.1, 0.15) is 0 Å². The molecule has 0 bridgehead atoms. The molecular weight excluding hydrogens is 392 g/mol. The molecule has 6 nitrogen and oxygen atoms in total. The monoisotopic (exact) mass is 418 g/mol. The van der Waals surface area contributed by atoms with Crippen LogP contribution in [0.2, 0.25) is 5.02 Å². The Morgan fingerprint density at radius 2 is 2.00 bits per heavy atom. The van der Waals surface area contributed by atoms with Crippen LogP contribution in [0, 0.1) is 0 Å². The fraction of sp³-hybridized carbons (Fsp3) is 0.409. The molecule has 2 aromatic rings. The highest BCUT2D eigenvalue weighted by molar-refractivity contribution is 6.34. The lowest BCUT2D eigenvalue weighted by Crippen LogP contribution is -2.37. The van der Waals surface area contributed by atoms with Crippen LogP contribution >= 0.6 is 11.6 Å². The van der Waals surface area contributed by atoms with Gasteiger partial charge in [0.15, 0.2) is 11.5 Å². The molecule has 0 atom stereocenters. The first-order chi connectivity index (χ1) is 14.1. The maximum atomic E-state index is 12.9. The van der Waals surface area contributed by atoms with Gasteiger partial charge in [-0.3, -0.25) is 4.79 Å². The van der Waals surface area contributed by atoms with Gasteiger partial charge < -0.3 is 24.4 Å². The molecule has 0 unspecified atom stereocenters. The van der Waals surface area contributed by atoms with Crippen LogP contribution in [-0.4, -0.2) is 45.9 Å². The van der Waals surface area contributed by atoms with Crippen molar-refractivity contribution in [2.24, 2.45) is 0 Å². The van der Waals surface area contributed by atoms with Crippen LogP contribution in [0.4, 0.5) is 11.4 Å². The van der Waals surface area contributed by atoms with E-state index in [9.17, 15) is 4.79 Å². The van der Waals surface area contributed by atoms with Crippen molar-refractivity contribution in [3.05, 3.63) is 47.0 Å². The van der Waals surface area contributed by atoms with Crippen molar-refractivity contribution in [3.8, 4) is 11.5 Å². The molecule has 0 saturated carbocycles. The predicted octanol–water partition coefficient (Wildman–Crippen LogP) is 4.62. The summed E-state index contributed by atoms with van der Waals surface area (Å²) in [6, 6.07) is 10.7. The summed E-state index contributed by atoms with van der Waals surface area (Å²) in [5, 5.41) is 3.58. The van der Waals surface area contributed by atoms with Crippen LogP contribution in [0.5, 0.6) is 11.5 Å². The number of hydrogen-bond acceptors (Lipinski definition) is 5. The topological polar surface area (TPSA) is 60.0 Å². The number of anilines is 2. The molecule has 1 fully saturated rings. The molecule has 1 aliphatic rings. The zero-order valence-electron chi connectivity index (χ0n) is 16.9. The third-order valence-electron chi connectivity index (χ3n) is 4.74. The summed E-state index contributed by atoms with van der Waals surface area (Å²) >= 11 is 6.45. The van der Waals surface area contributed by atoms with E-state index in [1.807, 2.05) is 18.2 Å². The lowest BCUT2D eigenvalue weighted by Gasteiger charge is -2.31. The van der Waals surface area contributed by atoms with Gasteiger partial charge >= 0.3 is 0 Å². The minimum absolute atomic E-state index is 0.236. The summed E-state index contributed by atoms with van der Waals surface area (Å²) in [7, 11) is 1.57. The number of halogens is 1. The second kappa shape index (κ2) is 10.4. The van der Waals surface area contributed by atoms with Crippen molar-refractivity contribution < 1.29 is 19.0 Å². The normalized spacial score (nSPS) is 13.8. The van der Waals surface area contributed by atoms with Gasteiger partial charge in [-0.15, -0.1) is 0 Å². The Labute approximate surface area is 176 Å². The molecule has 7 heteroatoms. The number of nitrogens with zero attached hydrogens (tertiary/aromatic N) is 1. The molecule has 156 valence electrons. The van der Waals surface area contributed by atoms with E-state index in [2.05, 4.69) is 17.1 Å². The molecule has 1 aliphatic heterocycles. The zero-order chi connectivity index (χ0) is 20.6. The van der Waals surface area contributed by atoms with Crippen molar-refractivity contribution in [2.45, 2.75) is 19.8 Å². The average molecular weight is 419 g/mol. The van der Waals surface area contributed by atoms with Gasteiger partial charge in [-0.05, 0) is 36.8 Å². The Morgan fingerprint density at radius 1 is 1.21 bits per heavy atom. The molecule has 29 heavy (non-hydrogen) atoms. The molecule has 0 radical (unpaired) electrons. The maximum Gasteiger partial charge on any atom is 0.255 e. The molecular formula is C22H27ClN2O4. The molecule has 0 aromatic heterocycles. The van der Waals surface area contributed by atoms with E-state index in [-0.39, 0.29) is 5.91 Å². The smallest absolute Gasteiger partial charge is 0.255 e. The number of nitrogens with one attached hydrogen (secondary N) is 1. The quantitative estimate of drug-likeness (QED) is 0.634. The number of methoxy groups -OCH3 is 1. The van der Waals surface area contributed by atoms with Crippen LogP contribution in [0.15, 0.2) is 36.4 Å². The molecule has 1 N–H and O–H groups in total. The number of carbonyl (C=O) groups excluding carboxylic acids is 1. The predicted molar refractivity (Wildman–Crippen MR) is 116 cm³/mol. The Balaban J connectivity index is 1.79. The Bertz CT molecular complexity index is 838. The summed E-state index contributed by atoms with van der Waals surface area (Å²) in [5.74, 6) is 0.933. The minimum atomic E-state index is -0.236. The van der Waals surface area contributed by atoms with E-state index in [1.165, 1.54) is 0 Å². The molecule has 0 aliphatic carbocycles. The Morgan fingerprint density at radius 3 is 2.72 bits per heavy atom. The third-order valence-corrected chi connectivity index (χ3v) is 5.05. The maximum absolute atomic E-state index is 12.9. The van der Waals surface area contributed by atoms with Crippen LogP contribution in [-0.2, 0) is 4.74 Å². The van der Waals surface area contributed by atoms with Crippen LogP contribution in [0.1, 0.15) is 30.1 Å². The summed E-state index contributed by atoms with van der Waals surface area (Å²) < 4.78 is 16.6. The number of ether oxygens (including phenoxy) is 3. The number of carbonyl (C=O) groups is 1. The van der Waals surface area contributed by atoms with Crippen LogP contribution in [0.3, 0.4) is 0 Å². The van der Waals surface area contributed by atoms with Gasteiger partial charge in [-0.25, -0.2) is 0 Å². The minimum Gasteiger partial charge on any atom is -0.493 e. The number of rotatable bonds is 8. The number of hydrogen-bond donors (Lipinski definition) is 1. The highest BCUT2D eigenvalue weighted by Crippen LogP contribution is 2.35. The van der Waals surface area contributed by atoms with Crippen molar-refractivity contribution in [2.75, 3.05) is 50.2 Å². The second-order valence-electron chi connectivity index (χ2n) is 6.76. The first-order valence-corrected chi connectivity index (χ1v) is 10.2. The number of benzene rings is 2. The highest BCUT2D eigenvalue weighted by Gasteiger charge is 2.20. The fourth-order valence-electron chi connectivity index (χ4n) is 3.17. The lowest BCUT2D eigenvalue weighted by molar-refractivity contribution is 0.102. The van der Waals surface area contributed by atoms with Crippen LogP contribution < -0.4 is 19.7 Å². The SMILES string of the molecule is CCCCOc1ccc(C(=O)Nc2cccc(Cl)c2N2CCOCC2)cc1OC. The van der Waals surface area contributed by atoms with E-state index in [0.717, 1.165) is 31.6 Å². The summed E-state index contributed by atoms with van der Waals surface area (Å²) in [4.78, 5) is 15.0. The molecule has 1 saturated heterocycles. The zero-order valence-corrected chi connectivity index (χ0v) is 17.6. The standard InChI is InChI=1S/C22H27ClN2O4/c1-3-4-12-29-19-9-8-16(15-20(19)27-2)22(26)24-18-7-5-6-17(23)21(18)25-10-13-28-14-11-25/h5-9,15H,3-4,10-14H2,1-2H3,(H,24,26). The molecule has 1 amide bonds. The van der Waals surface area contributed by atoms with Crippen molar-refractivity contribution in [1.29, 1.82) is 0 Å².